The van der Waals surface area contributed by atoms with Gasteiger partial charge in [0, 0.05) is 12.6 Å². The predicted octanol–water partition coefficient (Wildman–Crippen LogP) is 3.08. The van der Waals surface area contributed by atoms with E-state index in [-0.39, 0.29) is 11.9 Å². The summed E-state index contributed by atoms with van der Waals surface area (Å²) in [7, 11) is 0. The molecule has 1 aromatic rings. The molecule has 0 saturated heterocycles. The van der Waals surface area contributed by atoms with Gasteiger partial charge in [-0.25, -0.2) is 0 Å². The van der Waals surface area contributed by atoms with Gasteiger partial charge in [0.05, 0.1) is 16.1 Å². The van der Waals surface area contributed by atoms with Gasteiger partial charge in [0.1, 0.15) is 0 Å². The maximum atomic E-state index is 12.0. The van der Waals surface area contributed by atoms with Gasteiger partial charge in [0.15, 0.2) is 0 Å². The van der Waals surface area contributed by atoms with Crippen molar-refractivity contribution in [3.63, 3.8) is 0 Å². The fraction of sp³-hybridized carbons (Fsp3) is 0.462. The van der Waals surface area contributed by atoms with Crippen LogP contribution in [0.5, 0.6) is 0 Å². The molecule has 0 aliphatic carbocycles. The van der Waals surface area contributed by atoms with Gasteiger partial charge in [-0.2, -0.15) is 0 Å². The van der Waals surface area contributed by atoms with E-state index >= 15 is 0 Å². The summed E-state index contributed by atoms with van der Waals surface area (Å²) in [6.07, 6.45) is 0. The summed E-state index contributed by atoms with van der Waals surface area (Å²) >= 11 is 11.8. The van der Waals surface area contributed by atoms with Gasteiger partial charge in [-0.3, -0.25) is 4.79 Å². The topological polar surface area (TPSA) is 46.3 Å². The van der Waals surface area contributed by atoms with Gasteiger partial charge in [-0.1, -0.05) is 29.3 Å². The summed E-state index contributed by atoms with van der Waals surface area (Å²) in [5.41, 5.74) is 6.58. The summed E-state index contributed by atoms with van der Waals surface area (Å²) in [6, 6.07) is 4.94. The lowest BCUT2D eigenvalue weighted by molar-refractivity contribution is -0.134. The highest BCUT2D eigenvalue weighted by atomic mass is 35.5. The lowest BCUT2D eigenvalue weighted by atomic mass is 10.1. The van der Waals surface area contributed by atoms with Crippen LogP contribution in [0.4, 0.5) is 0 Å². The zero-order chi connectivity index (χ0) is 13.9. The molecular formula is C13H18Cl2N2O. The predicted molar refractivity (Wildman–Crippen MR) is 75.8 cm³/mol. The van der Waals surface area contributed by atoms with Crippen molar-refractivity contribution in [3.05, 3.63) is 33.8 Å². The van der Waals surface area contributed by atoms with Gasteiger partial charge in [0.25, 0.3) is 0 Å². The van der Waals surface area contributed by atoms with Gasteiger partial charge in [0.2, 0.25) is 5.91 Å². The monoisotopic (exact) mass is 288 g/mol. The molecule has 0 saturated carbocycles. The minimum absolute atomic E-state index is 0.0731. The van der Waals surface area contributed by atoms with Crippen molar-refractivity contribution in [2.75, 3.05) is 0 Å². The molecular weight excluding hydrogens is 271 g/mol. The Balaban J connectivity index is 2.90. The van der Waals surface area contributed by atoms with Gasteiger partial charge < -0.3 is 10.6 Å². The lowest BCUT2D eigenvalue weighted by Crippen LogP contribution is -2.45. The normalized spacial score (nSPS) is 12.6. The summed E-state index contributed by atoms with van der Waals surface area (Å²) in [6.45, 7) is 6.08. The molecule has 0 heterocycles. The van der Waals surface area contributed by atoms with Crippen LogP contribution in [-0.4, -0.2) is 22.9 Å². The number of rotatable bonds is 4. The van der Waals surface area contributed by atoms with E-state index in [1.54, 1.807) is 24.0 Å². The zero-order valence-corrected chi connectivity index (χ0v) is 12.3. The Hall–Kier alpha value is -0.770. The van der Waals surface area contributed by atoms with E-state index in [1.807, 2.05) is 19.9 Å². The van der Waals surface area contributed by atoms with Crippen molar-refractivity contribution in [1.82, 2.24) is 4.90 Å². The number of nitrogens with two attached hydrogens (primary N) is 1. The van der Waals surface area contributed by atoms with E-state index in [1.165, 1.54) is 0 Å². The van der Waals surface area contributed by atoms with Gasteiger partial charge in [-0.15, -0.1) is 0 Å². The number of hydrogen-bond donors (Lipinski definition) is 1. The van der Waals surface area contributed by atoms with Crippen molar-refractivity contribution in [2.24, 2.45) is 5.73 Å². The Bertz CT molecular complexity index is 433. The smallest absolute Gasteiger partial charge is 0.239 e. The van der Waals surface area contributed by atoms with Crippen molar-refractivity contribution in [1.29, 1.82) is 0 Å². The molecule has 3 nitrogen and oxygen atoms in total. The van der Waals surface area contributed by atoms with Crippen LogP contribution in [0.1, 0.15) is 26.3 Å². The first kappa shape index (κ1) is 15.3. The number of benzene rings is 1. The minimum Gasteiger partial charge on any atom is -0.335 e. The molecule has 0 spiro atoms. The second-order valence-electron chi connectivity index (χ2n) is 4.60. The fourth-order valence-corrected chi connectivity index (χ4v) is 1.93. The Morgan fingerprint density at radius 3 is 2.33 bits per heavy atom. The first-order chi connectivity index (χ1) is 8.32. The SMILES string of the molecule is CC(N)C(=O)N(Cc1ccc(Cl)c(Cl)c1)C(C)C. The molecule has 18 heavy (non-hydrogen) atoms. The van der Waals surface area contributed by atoms with Gasteiger partial charge in [-0.05, 0) is 38.5 Å². The molecule has 5 heteroatoms. The van der Waals surface area contributed by atoms with Crippen LogP contribution < -0.4 is 5.73 Å². The van der Waals surface area contributed by atoms with Crippen molar-refractivity contribution in [3.8, 4) is 0 Å². The summed E-state index contributed by atoms with van der Waals surface area (Å²) in [5.74, 6) is -0.0731. The number of halogens is 2. The van der Waals surface area contributed by atoms with Crippen LogP contribution in [0.2, 0.25) is 10.0 Å². The van der Waals surface area contributed by atoms with E-state index in [2.05, 4.69) is 0 Å². The zero-order valence-electron chi connectivity index (χ0n) is 10.8. The van der Waals surface area contributed by atoms with E-state index in [4.69, 9.17) is 28.9 Å². The third-order valence-corrected chi connectivity index (χ3v) is 3.37. The Labute approximate surface area is 118 Å². The first-order valence-corrected chi connectivity index (χ1v) is 6.58. The van der Waals surface area contributed by atoms with Crippen molar-refractivity contribution < 1.29 is 4.79 Å². The average molecular weight is 289 g/mol. The Kier molecular flexibility index (Phi) is 5.45. The second kappa shape index (κ2) is 6.41. The number of hydrogen-bond acceptors (Lipinski definition) is 2. The summed E-state index contributed by atoms with van der Waals surface area (Å²) in [4.78, 5) is 13.7. The molecule has 1 unspecified atom stereocenters. The highest BCUT2D eigenvalue weighted by Gasteiger charge is 2.20. The number of carbonyl (C=O) groups is 1. The Morgan fingerprint density at radius 2 is 1.89 bits per heavy atom. The number of nitrogens with zero attached hydrogens (tertiary/aromatic N) is 1. The highest BCUT2D eigenvalue weighted by Crippen LogP contribution is 2.23. The minimum atomic E-state index is -0.504. The lowest BCUT2D eigenvalue weighted by Gasteiger charge is -2.28. The summed E-state index contributed by atoms with van der Waals surface area (Å²) < 4.78 is 0. The fourth-order valence-electron chi connectivity index (χ4n) is 1.61. The molecule has 1 amide bonds. The molecule has 0 radical (unpaired) electrons. The quantitative estimate of drug-likeness (QED) is 0.926. The summed E-state index contributed by atoms with van der Waals surface area (Å²) in [5, 5.41) is 1.00. The first-order valence-electron chi connectivity index (χ1n) is 5.83. The molecule has 100 valence electrons. The number of carbonyl (C=O) groups excluding carboxylic acids is 1. The van der Waals surface area contributed by atoms with Crippen LogP contribution in [0.15, 0.2) is 18.2 Å². The van der Waals surface area contributed by atoms with Gasteiger partial charge >= 0.3 is 0 Å². The largest absolute Gasteiger partial charge is 0.335 e. The molecule has 2 N–H and O–H groups in total. The van der Waals surface area contributed by atoms with Crippen LogP contribution in [0.25, 0.3) is 0 Å². The van der Waals surface area contributed by atoms with E-state index in [9.17, 15) is 4.79 Å². The number of amides is 1. The standard InChI is InChI=1S/C13H18Cl2N2O/c1-8(2)17(13(18)9(3)16)7-10-4-5-11(14)12(15)6-10/h4-6,8-9H,7,16H2,1-3H3. The molecule has 1 aromatic carbocycles. The third-order valence-electron chi connectivity index (χ3n) is 2.63. The van der Waals surface area contributed by atoms with Crippen molar-refractivity contribution >= 4 is 29.1 Å². The maximum absolute atomic E-state index is 12.0. The molecule has 0 fully saturated rings. The molecule has 1 atom stereocenters. The maximum Gasteiger partial charge on any atom is 0.239 e. The highest BCUT2D eigenvalue weighted by molar-refractivity contribution is 6.42. The van der Waals surface area contributed by atoms with Crippen LogP contribution in [0, 0.1) is 0 Å². The molecule has 0 bridgehead atoms. The van der Waals surface area contributed by atoms with Crippen LogP contribution in [-0.2, 0) is 11.3 Å². The van der Waals surface area contributed by atoms with E-state index < -0.39 is 6.04 Å². The van der Waals surface area contributed by atoms with Crippen LogP contribution >= 0.6 is 23.2 Å². The molecule has 0 aromatic heterocycles. The van der Waals surface area contributed by atoms with E-state index in [0.29, 0.717) is 16.6 Å². The Morgan fingerprint density at radius 1 is 1.28 bits per heavy atom. The third kappa shape index (κ3) is 3.87. The average Bonchev–Trinajstić information content (AvgIpc) is 2.29. The van der Waals surface area contributed by atoms with Crippen LogP contribution in [0.3, 0.4) is 0 Å². The molecule has 0 aliphatic heterocycles. The second-order valence-corrected chi connectivity index (χ2v) is 5.41. The molecule has 0 aliphatic rings. The van der Waals surface area contributed by atoms with Crippen molar-refractivity contribution in [2.45, 2.75) is 39.4 Å². The molecule has 1 rings (SSSR count). The van der Waals surface area contributed by atoms with E-state index in [0.717, 1.165) is 5.56 Å².